The van der Waals surface area contributed by atoms with Gasteiger partial charge in [0.05, 0.1) is 0 Å². The third-order valence-electron chi connectivity index (χ3n) is 3.73. The van der Waals surface area contributed by atoms with Gasteiger partial charge in [0.1, 0.15) is 0 Å². The van der Waals surface area contributed by atoms with Crippen LogP contribution in [-0.2, 0) is 6.42 Å². The summed E-state index contributed by atoms with van der Waals surface area (Å²) in [7, 11) is 0. The summed E-state index contributed by atoms with van der Waals surface area (Å²) in [6, 6.07) is 9.37. The van der Waals surface area contributed by atoms with E-state index in [-0.39, 0.29) is 0 Å². The van der Waals surface area contributed by atoms with Crippen LogP contribution in [-0.4, -0.2) is 0 Å². The SMILES string of the molecule is CC/C=C\CC(CCC)c1ccc(CCCC)cc1. The number of rotatable bonds is 9. The lowest BCUT2D eigenvalue weighted by atomic mass is 9.90. The van der Waals surface area contributed by atoms with Crippen LogP contribution in [0, 0.1) is 0 Å². The molecule has 0 nitrogen and oxygen atoms in total. The van der Waals surface area contributed by atoms with Crippen molar-refractivity contribution in [3.63, 3.8) is 0 Å². The molecule has 0 aliphatic rings. The molecule has 0 N–H and O–H groups in total. The van der Waals surface area contributed by atoms with Crippen molar-refractivity contribution in [1.82, 2.24) is 0 Å². The number of hydrogen-bond acceptors (Lipinski definition) is 0. The van der Waals surface area contributed by atoms with Gasteiger partial charge < -0.3 is 0 Å². The Bertz CT molecular complexity index is 345. The third kappa shape index (κ3) is 6.09. The van der Waals surface area contributed by atoms with Gasteiger partial charge in [-0.05, 0) is 49.1 Å². The fourth-order valence-electron chi connectivity index (χ4n) is 2.53. The minimum absolute atomic E-state index is 0.702. The number of unbranched alkanes of at least 4 members (excludes halogenated alkanes) is 1. The Kier molecular flexibility index (Phi) is 8.29. The van der Waals surface area contributed by atoms with Crippen LogP contribution in [0.5, 0.6) is 0 Å². The highest BCUT2D eigenvalue weighted by Gasteiger charge is 2.08. The minimum Gasteiger partial charge on any atom is -0.0888 e. The molecule has 0 aliphatic heterocycles. The first-order valence-corrected chi connectivity index (χ1v) is 8.05. The molecule has 0 aliphatic carbocycles. The van der Waals surface area contributed by atoms with Crippen molar-refractivity contribution in [2.45, 2.75) is 71.6 Å². The Morgan fingerprint density at radius 3 is 2.26 bits per heavy atom. The zero-order valence-corrected chi connectivity index (χ0v) is 13.0. The van der Waals surface area contributed by atoms with Crippen LogP contribution in [0.2, 0.25) is 0 Å². The van der Waals surface area contributed by atoms with Crippen LogP contribution in [0.3, 0.4) is 0 Å². The molecule has 1 aromatic carbocycles. The lowest BCUT2D eigenvalue weighted by Crippen LogP contribution is -1.98. The van der Waals surface area contributed by atoms with Gasteiger partial charge in [0.15, 0.2) is 0 Å². The smallest absolute Gasteiger partial charge is 0.0127 e. The summed E-state index contributed by atoms with van der Waals surface area (Å²) in [4.78, 5) is 0. The predicted molar refractivity (Wildman–Crippen MR) is 86.8 cm³/mol. The van der Waals surface area contributed by atoms with E-state index in [0.29, 0.717) is 5.92 Å². The Morgan fingerprint density at radius 1 is 0.947 bits per heavy atom. The van der Waals surface area contributed by atoms with E-state index in [0.717, 1.165) is 6.42 Å². The summed E-state index contributed by atoms with van der Waals surface area (Å²) in [5, 5.41) is 0. The average Bonchev–Trinajstić information content (AvgIpc) is 2.45. The lowest BCUT2D eigenvalue weighted by Gasteiger charge is -2.15. The Morgan fingerprint density at radius 2 is 1.68 bits per heavy atom. The van der Waals surface area contributed by atoms with Gasteiger partial charge in [-0.1, -0.05) is 70.0 Å². The molecule has 0 heteroatoms. The number of aryl methyl sites for hydroxylation is 1. The standard InChI is InChI=1S/C19H30/c1-4-7-9-12-18(10-6-3)19-15-13-17(14-16-19)11-8-5-2/h7,9,13-16,18H,4-6,8,10-12H2,1-3H3/b9-7-. The first kappa shape index (κ1) is 16.0. The maximum absolute atomic E-state index is 2.35. The molecule has 0 fully saturated rings. The van der Waals surface area contributed by atoms with E-state index in [1.807, 2.05) is 0 Å². The van der Waals surface area contributed by atoms with E-state index in [2.05, 4.69) is 57.2 Å². The zero-order chi connectivity index (χ0) is 13.9. The molecule has 0 bridgehead atoms. The monoisotopic (exact) mass is 258 g/mol. The van der Waals surface area contributed by atoms with E-state index in [9.17, 15) is 0 Å². The Balaban J connectivity index is 2.64. The summed E-state index contributed by atoms with van der Waals surface area (Å²) in [5.41, 5.74) is 3.01. The van der Waals surface area contributed by atoms with Gasteiger partial charge >= 0.3 is 0 Å². The largest absolute Gasteiger partial charge is 0.0888 e. The van der Waals surface area contributed by atoms with E-state index < -0.39 is 0 Å². The van der Waals surface area contributed by atoms with Crippen molar-refractivity contribution in [3.05, 3.63) is 47.5 Å². The molecule has 1 aromatic rings. The van der Waals surface area contributed by atoms with Crippen molar-refractivity contribution in [3.8, 4) is 0 Å². The second-order valence-corrected chi connectivity index (χ2v) is 5.45. The van der Waals surface area contributed by atoms with Gasteiger partial charge in [-0.2, -0.15) is 0 Å². The molecule has 0 radical (unpaired) electrons. The zero-order valence-electron chi connectivity index (χ0n) is 13.0. The molecule has 1 atom stereocenters. The van der Waals surface area contributed by atoms with E-state index >= 15 is 0 Å². The molecule has 106 valence electrons. The molecule has 1 rings (SSSR count). The van der Waals surface area contributed by atoms with Crippen molar-refractivity contribution >= 4 is 0 Å². The van der Waals surface area contributed by atoms with Crippen LogP contribution in [0.4, 0.5) is 0 Å². The average molecular weight is 258 g/mol. The van der Waals surface area contributed by atoms with E-state index in [1.165, 1.54) is 49.7 Å². The van der Waals surface area contributed by atoms with E-state index in [4.69, 9.17) is 0 Å². The summed E-state index contributed by atoms with van der Waals surface area (Å²) in [5.74, 6) is 0.702. The maximum Gasteiger partial charge on any atom is -0.0127 e. The number of benzene rings is 1. The van der Waals surface area contributed by atoms with Crippen LogP contribution in [0.15, 0.2) is 36.4 Å². The van der Waals surface area contributed by atoms with Gasteiger partial charge in [0.2, 0.25) is 0 Å². The molecular formula is C19H30. The van der Waals surface area contributed by atoms with Crippen LogP contribution in [0.25, 0.3) is 0 Å². The first-order chi connectivity index (χ1) is 9.31. The lowest BCUT2D eigenvalue weighted by molar-refractivity contribution is 0.620. The quantitative estimate of drug-likeness (QED) is 0.458. The highest BCUT2D eigenvalue weighted by Crippen LogP contribution is 2.26. The third-order valence-corrected chi connectivity index (χ3v) is 3.73. The summed E-state index contributed by atoms with van der Waals surface area (Å²) >= 11 is 0. The molecule has 0 aromatic heterocycles. The summed E-state index contributed by atoms with van der Waals surface area (Å²) in [6.07, 6.45) is 13.4. The fraction of sp³-hybridized carbons (Fsp3) is 0.579. The van der Waals surface area contributed by atoms with Gasteiger partial charge in [0.25, 0.3) is 0 Å². The highest BCUT2D eigenvalue weighted by atomic mass is 14.1. The molecule has 0 heterocycles. The van der Waals surface area contributed by atoms with Crippen molar-refractivity contribution in [2.24, 2.45) is 0 Å². The fourth-order valence-corrected chi connectivity index (χ4v) is 2.53. The second kappa shape index (κ2) is 9.83. The first-order valence-electron chi connectivity index (χ1n) is 8.05. The predicted octanol–water partition coefficient (Wildman–Crippen LogP) is 6.27. The molecule has 0 spiro atoms. The molecule has 0 saturated heterocycles. The summed E-state index contributed by atoms with van der Waals surface area (Å²) < 4.78 is 0. The van der Waals surface area contributed by atoms with Crippen molar-refractivity contribution < 1.29 is 0 Å². The van der Waals surface area contributed by atoms with Gasteiger partial charge in [-0.15, -0.1) is 0 Å². The van der Waals surface area contributed by atoms with Gasteiger partial charge in [0, 0.05) is 0 Å². The molecule has 1 unspecified atom stereocenters. The Labute approximate surface area is 119 Å². The van der Waals surface area contributed by atoms with Crippen LogP contribution >= 0.6 is 0 Å². The maximum atomic E-state index is 2.35. The van der Waals surface area contributed by atoms with Gasteiger partial charge in [-0.3, -0.25) is 0 Å². The minimum atomic E-state index is 0.702. The van der Waals surface area contributed by atoms with Gasteiger partial charge in [-0.25, -0.2) is 0 Å². The van der Waals surface area contributed by atoms with Crippen molar-refractivity contribution in [2.75, 3.05) is 0 Å². The number of hydrogen-bond donors (Lipinski definition) is 0. The van der Waals surface area contributed by atoms with E-state index in [1.54, 1.807) is 0 Å². The number of allylic oxidation sites excluding steroid dienone is 2. The molecule has 19 heavy (non-hydrogen) atoms. The van der Waals surface area contributed by atoms with Crippen molar-refractivity contribution in [1.29, 1.82) is 0 Å². The molecule has 0 amide bonds. The summed E-state index contributed by atoms with van der Waals surface area (Å²) in [6.45, 7) is 6.74. The Hall–Kier alpha value is -1.04. The highest BCUT2D eigenvalue weighted by molar-refractivity contribution is 5.26. The normalized spacial score (nSPS) is 13.0. The topological polar surface area (TPSA) is 0 Å². The second-order valence-electron chi connectivity index (χ2n) is 5.45. The van der Waals surface area contributed by atoms with Crippen LogP contribution < -0.4 is 0 Å². The molecular weight excluding hydrogens is 228 g/mol. The van der Waals surface area contributed by atoms with Crippen LogP contribution in [0.1, 0.15) is 76.3 Å². The molecule has 0 saturated carbocycles.